The Morgan fingerprint density at radius 3 is 2.17 bits per heavy atom. The Kier molecular flexibility index (Phi) is 7.86. The summed E-state index contributed by atoms with van der Waals surface area (Å²) in [7, 11) is 0.447. The van der Waals surface area contributed by atoms with E-state index in [1.54, 1.807) is 31.2 Å². The molecule has 0 spiro atoms. The number of benzene rings is 2. The first kappa shape index (κ1) is 22.5. The zero-order valence-electron chi connectivity index (χ0n) is 16.8. The van der Waals surface area contributed by atoms with E-state index in [2.05, 4.69) is 4.72 Å². The van der Waals surface area contributed by atoms with Gasteiger partial charge in [-0.1, -0.05) is 12.1 Å². The minimum Gasteiger partial charge on any atom is -0.497 e. The van der Waals surface area contributed by atoms with Gasteiger partial charge in [-0.15, -0.1) is 0 Å². The Balaban J connectivity index is 2.36. The second-order valence-electron chi connectivity index (χ2n) is 5.97. The van der Waals surface area contributed by atoms with Gasteiger partial charge in [-0.3, -0.25) is 4.79 Å². The summed E-state index contributed by atoms with van der Waals surface area (Å²) in [6.07, 6.45) is -0.160. The molecule has 2 aromatic carbocycles. The predicted octanol–water partition coefficient (Wildman–Crippen LogP) is 2.69. The van der Waals surface area contributed by atoms with Crippen LogP contribution < -0.4 is 18.9 Å². The molecule has 2 rings (SSSR count). The van der Waals surface area contributed by atoms with E-state index in [1.165, 1.54) is 39.5 Å². The van der Waals surface area contributed by atoms with Crippen LogP contribution in [0.2, 0.25) is 0 Å². The van der Waals surface area contributed by atoms with Crippen LogP contribution in [0.1, 0.15) is 24.9 Å². The number of methoxy groups -OCH3 is 3. The molecule has 0 radical (unpaired) electrons. The van der Waals surface area contributed by atoms with Gasteiger partial charge in [0.2, 0.25) is 10.0 Å². The van der Waals surface area contributed by atoms with E-state index in [0.29, 0.717) is 17.1 Å². The normalized spacial score (nSPS) is 12.1. The van der Waals surface area contributed by atoms with Gasteiger partial charge >= 0.3 is 5.97 Å². The largest absolute Gasteiger partial charge is 0.497 e. The lowest BCUT2D eigenvalue weighted by atomic mass is 10.0. The summed E-state index contributed by atoms with van der Waals surface area (Å²) in [5, 5.41) is 0. The van der Waals surface area contributed by atoms with Gasteiger partial charge in [-0.05, 0) is 36.8 Å². The van der Waals surface area contributed by atoms with Crippen LogP contribution in [-0.4, -0.2) is 42.3 Å². The Labute approximate surface area is 170 Å². The zero-order chi connectivity index (χ0) is 21.4. The van der Waals surface area contributed by atoms with Crippen molar-refractivity contribution < 1.29 is 32.2 Å². The van der Waals surface area contributed by atoms with Gasteiger partial charge in [-0.2, -0.15) is 0 Å². The summed E-state index contributed by atoms with van der Waals surface area (Å²) in [4.78, 5) is 12.0. The summed E-state index contributed by atoms with van der Waals surface area (Å²) in [6.45, 7) is 1.89. The minimum atomic E-state index is -3.97. The van der Waals surface area contributed by atoms with Crippen molar-refractivity contribution in [1.82, 2.24) is 4.72 Å². The lowest BCUT2D eigenvalue weighted by Crippen LogP contribution is -2.30. The van der Waals surface area contributed by atoms with Crippen LogP contribution in [0.3, 0.4) is 0 Å². The van der Waals surface area contributed by atoms with Crippen LogP contribution in [0.4, 0.5) is 0 Å². The van der Waals surface area contributed by atoms with Crippen LogP contribution in [0.15, 0.2) is 47.4 Å². The van der Waals surface area contributed by atoms with Crippen molar-refractivity contribution in [3.05, 3.63) is 48.0 Å². The van der Waals surface area contributed by atoms with Gasteiger partial charge in [-0.25, -0.2) is 13.1 Å². The number of carbonyl (C=O) groups is 1. The number of nitrogens with one attached hydrogen (secondary N) is 1. The van der Waals surface area contributed by atoms with E-state index in [9.17, 15) is 13.2 Å². The minimum absolute atomic E-state index is 0.0162. The Morgan fingerprint density at radius 2 is 1.62 bits per heavy atom. The molecule has 0 saturated heterocycles. The molecule has 29 heavy (non-hydrogen) atoms. The molecule has 0 fully saturated rings. The number of hydrogen-bond acceptors (Lipinski definition) is 7. The van der Waals surface area contributed by atoms with Gasteiger partial charge in [0.25, 0.3) is 0 Å². The fourth-order valence-electron chi connectivity index (χ4n) is 2.69. The molecule has 1 N–H and O–H groups in total. The zero-order valence-corrected chi connectivity index (χ0v) is 17.6. The lowest BCUT2D eigenvalue weighted by Gasteiger charge is -2.19. The van der Waals surface area contributed by atoms with E-state index in [1.807, 2.05) is 0 Å². The molecule has 1 atom stereocenters. The lowest BCUT2D eigenvalue weighted by molar-refractivity contribution is -0.143. The maximum Gasteiger partial charge on any atom is 0.307 e. The third kappa shape index (κ3) is 5.85. The standard InChI is InChI=1S/C20H25NO7S/c1-5-28-20(22)13-17(14-6-8-15(25-2)9-7-14)21-29(23,24)16-10-11-18(26-3)19(12-16)27-4/h6-12,17,21H,5,13H2,1-4H3/t17-/m0/s1. The Morgan fingerprint density at radius 1 is 0.966 bits per heavy atom. The number of rotatable bonds is 10. The molecule has 0 aliphatic carbocycles. The fourth-order valence-corrected chi connectivity index (χ4v) is 3.93. The molecule has 0 aromatic heterocycles. The van der Waals surface area contributed by atoms with Crippen LogP contribution in [0.25, 0.3) is 0 Å². The summed E-state index contributed by atoms with van der Waals surface area (Å²) in [5.41, 5.74) is 0.600. The number of esters is 1. The summed E-state index contributed by atoms with van der Waals surface area (Å²) >= 11 is 0. The van der Waals surface area contributed by atoms with E-state index < -0.39 is 22.0 Å². The van der Waals surface area contributed by atoms with E-state index >= 15 is 0 Å². The van der Waals surface area contributed by atoms with Crippen LogP contribution >= 0.6 is 0 Å². The molecule has 0 aliphatic heterocycles. The van der Waals surface area contributed by atoms with E-state index in [0.717, 1.165) is 0 Å². The highest BCUT2D eigenvalue weighted by atomic mass is 32.2. The monoisotopic (exact) mass is 423 g/mol. The number of sulfonamides is 1. The smallest absolute Gasteiger partial charge is 0.307 e. The third-order valence-electron chi connectivity index (χ3n) is 4.16. The van der Waals surface area contributed by atoms with Crippen LogP contribution in [0.5, 0.6) is 17.2 Å². The molecular formula is C20H25NO7S. The SMILES string of the molecule is CCOC(=O)C[C@H](NS(=O)(=O)c1ccc(OC)c(OC)c1)c1ccc(OC)cc1. The second-order valence-corrected chi connectivity index (χ2v) is 7.69. The molecule has 0 heterocycles. The van der Waals surface area contributed by atoms with Gasteiger partial charge in [0.1, 0.15) is 5.75 Å². The maximum absolute atomic E-state index is 13.0. The van der Waals surface area contributed by atoms with Crippen molar-refractivity contribution in [2.45, 2.75) is 24.3 Å². The van der Waals surface area contributed by atoms with Gasteiger partial charge in [0.05, 0.1) is 45.3 Å². The first-order chi connectivity index (χ1) is 13.8. The van der Waals surface area contributed by atoms with Gasteiger partial charge in [0, 0.05) is 6.07 Å². The quantitative estimate of drug-likeness (QED) is 0.587. The van der Waals surface area contributed by atoms with E-state index in [4.69, 9.17) is 18.9 Å². The fraction of sp³-hybridized carbons (Fsp3) is 0.350. The van der Waals surface area contributed by atoms with Crippen molar-refractivity contribution in [3.63, 3.8) is 0 Å². The summed E-state index contributed by atoms with van der Waals surface area (Å²) < 4.78 is 48.9. The average Bonchev–Trinajstić information content (AvgIpc) is 2.72. The van der Waals surface area contributed by atoms with Gasteiger partial charge in [0.15, 0.2) is 11.5 Å². The van der Waals surface area contributed by atoms with Crippen LogP contribution in [0, 0.1) is 0 Å². The van der Waals surface area contributed by atoms with Crippen molar-refractivity contribution >= 4 is 16.0 Å². The molecule has 0 unspecified atom stereocenters. The molecule has 0 amide bonds. The first-order valence-electron chi connectivity index (χ1n) is 8.88. The van der Waals surface area contributed by atoms with Crippen molar-refractivity contribution in [3.8, 4) is 17.2 Å². The first-order valence-corrected chi connectivity index (χ1v) is 10.4. The number of hydrogen-bond donors (Lipinski definition) is 1. The molecule has 8 nitrogen and oxygen atoms in total. The molecule has 158 valence electrons. The highest BCUT2D eigenvalue weighted by Crippen LogP contribution is 2.30. The highest BCUT2D eigenvalue weighted by molar-refractivity contribution is 7.89. The molecular weight excluding hydrogens is 398 g/mol. The molecule has 2 aromatic rings. The van der Waals surface area contributed by atoms with E-state index in [-0.39, 0.29) is 23.7 Å². The molecule has 9 heteroatoms. The summed E-state index contributed by atoms with van der Waals surface area (Å²) in [6, 6.07) is 10.2. The van der Waals surface area contributed by atoms with Gasteiger partial charge < -0.3 is 18.9 Å². The van der Waals surface area contributed by atoms with Crippen molar-refractivity contribution in [2.75, 3.05) is 27.9 Å². The molecule has 0 aliphatic rings. The average molecular weight is 423 g/mol. The van der Waals surface area contributed by atoms with Crippen LogP contribution in [-0.2, 0) is 19.6 Å². The predicted molar refractivity (Wildman–Crippen MR) is 107 cm³/mol. The molecule has 0 saturated carbocycles. The Hall–Kier alpha value is -2.78. The number of ether oxygens (including phenoxy) is 4. The van der Waals surface area contributed by atoms with Crippen molar-refractivity contribution in [1.29, 1.82) is 0 Å². The summed E-state index contributed by atoms with van der Waals surface area (Å²) in [5.74, 6) is 0.793. The second kappa shape index (κ2) is 10.1. The molecule has 0 bridgehead atoms. The Bertz CT molecular complexity index is 926. The maximum atomic E-state index is 13.0. The third-order valence-corrected chi connectivity index (χ3v) is 5.63. The highest BCUT2D eigenvalue weighted by Gasteiger charge is 2.25. The van der Waals surface area contributed by atoms with Crippen molar-refractivity contribution in [2.24, 2.45) is 0 Å². The number of carbonyl (C=O) groups excluding carboxylic acids is 1. The topological polar surface area (TPSA) is 100 Å².